The lowest BCUT2D eigenvalue weighted by atomic mass is 10.1. The summed E-state index contributed by atoms with van der Waals surface area (Å²) in [7, 11) is 0. The molecule has 2 N–H and O–H groups in total. The first-order valence-electron chi connectivity index (χ1n) is 6.44. The van der Waals surface area contributed by atoms with Crippen LogP contribution < -0.4 is 10.5 Å². The van der Waals surface area contributed by atoms with Gasteiger partial charge in [0.2, 0.25) is 5.91 Å². The van der Waals surface area contributed by atoms with E-state index in [0.29, 0.717) is 6.61 Å². The van der Waals surface area contributed by atoms with Crippen LogP contribution in [0.4, 0.5) is 0 Å². The summed E-state index contributed by atoms with van der Waals surface area (Å²) in [6.07, 6.45) is 0. The minimum Gasteiger partial charge on any atom is -0.494 e. The second-order valence-corrected chi connectivity index (χ2v) is 5.39. The van der Waals surface area contributed by atoms with Crippen LogP contribution in [0.2, 0.25) is 0 Å². The highest BCUT2D eigenvalue weighted by Gasteiger charge is 2.18. The van der Waals surface area contributed by atoms with Crippen LogP contribution in [0.3, 0.4) is 0 Å². The van der Waals surface area contributed by atoms with Gasteiger partial charge in [0, 0.05) is 4.90 Å². The fraction of sp³-hybridized carbons (Fsp3) is 0.188. The molecule has 0 spiro atoms. The maximum Gasteiger partial charge on any atom is 0.235 e. The van der Waals surface area contributed by atoms with Gasteiger partial charge in [-0.1, -0.05) is 30.3 Å². The maximum atomic E-state index is 11.7. The quantitative estimate of drug-likeness (QED) is 0.828. The number of benzene rings is 2. The largest absolute Gasteiger partial charge is 0.494 e. The molecule has 20 heavy (non-hydrogen) atoms. The van der Waals surface area contributed by atoms with Crippen molar-refractivity contribution in [2.75, 3.05) is 6.61 Å². The van der Waals surface area contributed by atoms with Crippen LogP contribution in [0.1, 0.15) is 17.7 Å². The number of hydrogen-bond acceptors (Lipinski definition) is 3. The molecule has 0 saturated heterocycles. The van der Waals surface area contributed by atoms with Gasteiger partial charge in [-0.3, -0.25) is 4.79 Å². The Hall–Kier alpha value is -1.94. The summed E-state index contributed by atoms with van der Waals surface area (Å²) in [5.41, 5.74) is 6.43. The highest BCUT2D eigenvalue weighted by Crippen LogP contribution is 2.35. The van der Waals surface area contributed by atoms with E-state index < -0.39 is 0 Å². The zero-order chi connectivity index (χ0) is 14.4. The van der Waals surface area contributed by atoms with E-state index in [1.165, 1.54) is 11.8 Å². The molecule has 0 aliphatic carbocycles. The molecule has 104 valence electrons. The molecule has 1 atom stereocenters. The Morgan fingerprint density at radius 3 is 2.35 bits per heavy atom. The Balaban J connectivity index is 2.14. The van der Waals surface area contributed by atoms with Crippen molar-refractivity contribution in [2.24, 2.45) is 5.73 Å². The minimum absolute atomic E-state index is 0.338. The molecule has 0 saturated carbocycles. The first-order chi connectivity index (χ1) is 9.70. The summed E-state index contributed by atoms with van der Waals surface area (Å²) in [5, 5.41) is -0.380. The first-order valence-corrected chi connectivity index (χ1v) is 7.32. The van der Waals surface area contributed by atoms with Crippen molar-refractivity contribution >= 4 is 17.7 Å². The van der Waals surface area contributed by atoms with Gasteiger partial charge in [0.15, 0.2) is 0 Å². The molecule has 0 aliphatic rings. The molecular weight excluding hydrogens is 270 g/mol. The van der Waals surface area contributed by atoms with Gasteiger partial charge in [0.05, 0.1) is 6.61 Å². The van der Waals surface area contributed by atoms with Gasteiger partial charge in [-0.15, -0.1) is 11.8 Å². The second-order valence-electron chi connectivity index (χ2n) is 4.22. The smallest absolute Gasteiger partial charge is 0.235 e. The van der Waals surface area contributed by atoms with Crippen molar-refractivity contribution < 1.29 is 9.53 Å². The lowest BCUT2D eigenvalue weighted by Crippen LogP contribution is -2.18. The van der Waals surface area contributed by atoms with Gasteiger partial charge in [-0.2, -0.15) is 0 Å². The van der Waals surface area contributed by atoms with Crippen molar-refractivity contribution in [1.29, 1.82) is 0 Å². The number of nitrogens with two attached hydrogens (primary N) is 1. The molecule has 2 aromatic rings. The number of carbonyl (C=O) groups excluding carboxylic acids is 1. The third-order valence-corrected chi connectivity index (χ3v) is 4.03. The van der Waals surface area contributed by atoms with E-state index in [1.54, 1.807) is 0 Å². The third-order valence-electron chi connectivity index (χ3n) is 2.75. The standard InChI is InChI=1S/C16H17NO2S/c1-2-19-13-8-10-14(11-9-13)20-15(16(17)18)12-6-4-3-5-7-12/h3-11,15H,2H2,1H3,(H2,17,18). The molecule has 0 aromatic heterocycles. The number of amides is 1. The molecule has 1 amide bonds. The zero-order valence-electron chi connectivity index (χ0n) is 11.3. The number of hydrogen-bond donors (Lipinski definition) is 1. The van der Waals surface area contributed by atoms with Crippen LogP contribution in [0, 0.1) is 0 Å². The van der Waals surface area contributed by atoms with E-state index in [9.17, 15) is 4.79 Å². The lowest BCUT2D eigenvalue weighted by Gasteiger charge is -2.13. The molecular formula is C16H17NO2S. The summed E-state index contributed by atoms with van der Waals surface area (Å²) >= 11 is 1.45. The van der Waals surface area contributed by atoms with Crippen molar-refractivity contribution in [3.05, 3.63) is 60.2 Å². The van der Waals surface area contributed by atoms with Crippen LogP contribution in [-0.2, 0) is 4.79 Å². The number of ether oxygens (including phenoxy) is 1. The molecule has 2 aromatic carbocycles. The van der Waals surface area contributed by atoms with E-state index in [-0.39, 0.29) is 11.2 Å². The number of carbonyl (C=O) groups is 1. The summed E-state index contributed by atoms with van der Waals surface area (Å²) in [6.45, 7) is 2.58. The predicted octanol–water partition coefficient (Wildman–Crippen LogP) is 3.40. The zero-order valence-corrected chi connectivity index (χ0v) is 12.1. The number of primary amides is 1. The topological polar surface area (TPSA) is 52.3 Å². The Kier molecular flexibility index (Phi) is 5.07. The molecule has 4 heteroatoms. The highest BCUT2D eigenvalue weighted by molar-refractivity contribution is 8.00. The predicted molar refractivity (Wildman–Crippen MR) is 81.8 cm³/mol. The van der Waals surface area contributed by atoms with Gasteiger partial charge in [-0.25, -0.2) is 0 Å². The third kappa shape index (κ3) is 3.78. The van der Waals surface area contributed by atoms with E-state index in [2.05, 4.69) is 0 Å². The SMILES string of the molecule is CCOc1ccc(SC(C(N)=O)c2ccccc2)cc1. The van der Waals surface area contributed by atoms with Crippen LogP contribution in [0.25, 0.3) is 0 Å². The monoisotopic (exact) mass is 287 g/mol. The summed E-state index contributed by atoms with van der Waals surface area (Å²) in [5.74, 6) is 0.488. The van der Waals surface area contributed by atoms with Crippen molar-refractivity contribution in [1.82, 2.24) is 0 Å². The van der Waals surface area contributed by atoms with Crippen LogP contribution >= 0.6 is 11.8 Å². The first kappa shape index (κ1) is 14.5. The van der Waals surface area contributed by atoms with E-state index >= 15 is 0 Å². The number of rotatable bonds is 6. The van der Waals surface area contributed by atoms with Gasteiger partial charge in [0.1, 0.15) is 11.0 Å². The lowest BCUT2D eigenvalue weighted by molar-refractivity contribution is -0.117. The molecule has 2 rings (SSSR count). The Bertz CT molecular complexity index is 554. The van der Waals surface area contributed by atoms with Gasteiger partial charge in [0.25, 0.3) is 0 Å². The van der Waals surface area contributed by atoms with Gasteiger partial charge >= 0.3 is 0 Å². The van der Waals surface area contributed by atoms with Gasteiger partial charge < -0.3 is 10.5 Å². The Morgan fingerprint density at radius 1 is 1.15 bits per heavy atom. The summed E-state index contributed by atoms with van der Waals surface area (Å²) < 4.78 is 5.40. The van der Waals surface area contributed by atoms with Crippen LogP contribution in [-0.4, -0.2) is 12.5 Å². The highest BCUT2D eigenvalue weighted by atomic mass is 32.2. The second kappa shape index (κ2) is 7.01. The van der Waals surface area contributed by atoms with Crippen LogP contribution in [0.15, 0.2) is 59.5 Å². The molecule has 3 nitrogen and oxygen atoms in total. The number of thioether (sulfide) groups is 1. The average molecular weight is 287 g/mol. The van der Waals surface area contributed by atoms with Crippen molar-refractivity contribution in [3.8, 4) is 5.75 Å². The fourth-order valence-electron chi connectivity index (χ4n) is 1.84. The van der Waals surface area contributed by atoms with Crippen molar-refractivity contribution in [3.63, 3.8) is 0 Å². The molecule has 1 unspecified atom stereocenters. The maximum absolute atomic E-state index is 11.7. The van der Waals surface area contributed by atoms with Crippen molar-refractivity contribution in [2.45, 2.75) is 17.1 Å². The van der Waals surface area contributed by atoms with E-state index in [4.69, 9.17) is 10.5 Å². The molecule has 0 radical (unpaired) electrons. The Morgan fingerprint density at radius 2 is 1.80 bits per heavy atom. The molecule has 0 bridgehead atoms. The fourth-order valence-corrected chi connectivity index (χ4v) is 2.81. The van der Waals surface area contributed by atoms with Gasteiger partial charge in [-0.05, 0) is 36.8 Å². The summed E-state index contributed by atoms with van der Waals surface area (Å²) in [6, 6.07) is 17.2. The average Bonchev–Trinajstić information content (AvgIpc) is 2.47. The van der Waals surface area contributed by atoms with Crippen LogP contribution in [0.5, 0.6) is 5.75 Å². The summed E-state index contributed by atoms with van der Waals surface area (Å²) in [4.78, 5) is 12.6. The van der Waals surface area contributed by atoms with E-state index in [0.717, 1.165) is 16.2 Å². The molecule has 0 fully saturated rings. The van der Waals surface area contributed by atoms with E-state index in [1.807, 2.05) is 61.5 Å². The molecule has 0 aliphatic heterocycles. The molecule has 0 heterocycles. The minimum atomic E-state index is -0.380. The Labute approximate surface area is 123 Å². The normalized spacial score (nSPS) is 11.8.